The van der Waals surface area contributed by atoms with Gasteiger partial charge in [0.1, 0.15) is 5.75 Å². The average molecular weight is 253 g/mol. The molecule has 2 nitrogen and oxygen atoms in total. The second kappa shape index (κ2) is 5.35. The topological polar surface area (TPSA) is 21.3 Å². The van der Waals surface area contributed by atoms with Crippen molar-refractivity contribution in [2.45, 2.75) is 19.8 Å². The molecule has 0 spiro atoms. The summed E-state index contributed by atoms with van der Waals surface area (Å²) in [5.41, 5.74) is 5.26. The van der Waals surface area contributed by atoms with Gasteiger partial charge in [0.2, 0.25) is 0 Å². The minimum atomic E-state index is 0.834. The Balaban J connectivity index is 1.59. The van der Waals surface area contributed by atoms with Crippen molar-refractivity contribution in [3.63, 3.8) is 0 Å². The van der Waals surface area contributed by atoms with E-state index in [0.717, 1.165) is 31.7 Å². The lowest BCUT2D eigenvalue weighted by Crippen LogP contribution is -2.06. The first-order chi connectivity index (χ1) is 9.33. The van der Waals surface area contributed by atoms with Crippen LogP contribution in [-0.4, -0.2) is 13.2 Å². The van der Waals surface area contributed by atoms with Gasteiger partial charge in [-0.1, -0.05) is 30.3 Å². The molecule has 0 saturated heterocycles. The summed E-state index contributed by atoms with van der Waals surface area (Å²) in [4.78, 5) is 0. The molecule has 1 heterocycles. The highest BCUT2D eigenvalue weighted by molar-refractivity contribution is 5.50. The van der Waals surface area contributed by atoms with Gasteiger partial charge < -0.3 is 10.1 Å². The molecule has 0 aromatic heterocycles. The summed E-state index contributed by atoms with van der Waals surface area (Å²) in [5, 5.41) is 3.50. The summed E-state index contributed by atoms with van der Waals surface area (Å²) in [6.45, 7) is 3.93. The maximum Gasteiger partial charge on any atom is 0.122 e. The molecule has 0 atom stereocenters. The Kier molecular flexibility index (Phi) is 3.41. The lowest BCUT2D eigenvalue weighted by Gasteiger charge is -2.09. The maximum absolute atomic E-state index is 5.53. The lowest BCUT2D eigenvalue weighted by molar-refractivity contribution is 0.357. The van der Waals surface area contributed by atoms with E-state index in [1.54, 1.807) is 0 Å². The van der Waals surface area contributed by atoms with E-state index in [9.17, 15) is 0 Å². The zero-order chi connectivity index (χ0) is 13.1. The molecule has 2 aromatic rings. The number of fused-ring (bicyclic) bond motifs is 1. The fourth-order valence-electron chi connectivity index (χ4n) is 2.51. The van der Waals surface area contributed by atoms with Crippen LogP contribution in [0.5, 0.6) is 5.75 Å². The van der Waals surface area contributed by atoms with Crippen LogP contribution in [0.3, 0.4) is 0 Å². The molecule has 1 N–H and O–H groups in total. The van der Waals surface area contributed by atoms with E-state index in [2.05, 4.69) is 54.7 Å². The second-order valence-corrected chi connectivity index (χ2v) is 5.03. The van der Waals surface area contributed by atoms with E-state index < -0.39 is 0 Å². The second-order valence-electron chi connectivity index (χ2n) is 5.03. The van der Waals surface area contributed by atoms with Gasteiger partial charge in [-0.25, -0.2) is 0 Å². The van der Waals surface area contributed by atoms with Crippen molar-refractivity contribution >= 4 is 5.69 Å². The average Bonchev–Trinajstić information content (AvgIpc) is 2.88. The Morgan fingerprint density at radius 1 is 1.16 bits per heavy atom. The molecule has 0 saturated carbocycles. The first-order valence-electron chi connectivity index (χ1n) is 6.87. The number of nitrogens with one attached hydrogen (secondary N) is 1. The Morgan fingerprint density at radius 3 is 2.95 bits per heavy atom. The molecule has 0 amide bonds. The highest BCUT2D eigenvalue weighted by atomic mass is 16.5. The molecular weight excluding hydrogens is 234 g/mol. The van der Waals surface area contributed by atoms with Crippen molar-refractivity contribution in [1.29, 1.82) is 0 Å². The molecule has 0 aliphatic carbocycles. The quantitative estimate of drug-likeness (QED) is 0.899. The fourth-order valence-corrected chi connectivity index (χ4v) is 2.51. The van der Waals surface area contributed by atoms with E-state index >= 15 is 0 Å². The van der Waals surface area contributed by atoms with E-state index in [1.165, 1.54) is 22.4 Å². The van der Waals surface area contributed by atoms with Gasteiger partial charge >= 0.3 is 0 Å². The van der Waals surface area contributed by atoms with E-state index in [4.69, 9.17) is 4.74 Å². The molecule has 1 aliphatic rings. The predicted molar refractivity (Wildman–Crippen MR) is 79.0 cm³/mol. The summed E-state index contributed by atoms with van der Waals surface area (Å²) in [5.74, 6) is 1.07. The Labute approximate surface area is 114 Å². The van der Waals surface area contributed by atoms with Crippen molar-refractivity contribution in [2.24, 2.45) is 0 Å². The highest BCUT2D eigenvalue weighted by Gasteiger charge is 2.11. The summed E-state index contributed by atoms with van der Waals surface area (Å²) in [6.07, 6.45) is 2.09. The zero-order valence-corrected chi connectivity index (χ0v) is 11.3. The Morgan fingerprint density at radius 2 is 2.05 bits per heavy atom. The summed E-state index contributed by atoms with van der Waals surface area (Å²) < 4.78 is 5.53. The van der Waals surface area contributed by atoms with E-state index in [-0.39, 0.29) is 0 Å². The fraction of sp³-hybridized carbons (Fsp3) is 0.294. The number of rotatable bonds is 4. The van der Waals surface area contributed by atoms with Crippen LogP contribution in [0.25, 0.3) is 0 Å². The Bertz CT molecular complexity index is 577. The van der Waals surface area contributed by atoms with Gasteiger partial charge in [0.15, 0.2) is 0 Å². The van der Waals surface area contributed by atoms with Crippen LogP contribution >= 0.6 is 0 Å². The standard InChI is InChI=1S/C17H19NO/c1-13-4-2-3-5-16(13)18-10-8-14-6-7-17-15(12-14)9-11-19-17/h2-7,12,18H,8-11H2,1H3. The van der Waals surface area contributed by atoms with Crippen molar-refractivity contribution in [1.82, 2.24) is 0 Å². The molecule has 0 radical (unpaired) electrons. The van der Waals surface area contributed by atoms with Gasteiger partial charge in [-0.3, -0.25) is 0 Å². The molecule has 1 aliphatic heterocycles. The lowest BCUT2D eigenvalue weighted by atomic mass is 10.1. The summed E-state index contributed by atoms with van der Waals surface area (Å²) in [7, 11) is 0. The van der Waals surface area contributed by atoms with Gasteiger partial charge in [0.25, 0.3) is 0 Å². The first-order valence-corrected chi connectivity index (χ1v) is 6.87. The van der Waals surface area contributed by atoms with Gasteiger partial charge in [-0.2, -0.15) is 0 Å². The maximum atomic E-state index is 5.53. The molecule has 19 heavy (non-hydrogen) atoms. The number of para-hydroxylation sites is 1. The monoisotopic (exact) mass is 253 g/mol. The molecular formula is C17H19NO. The summed E-state index contributed by atoms with van der Waals surface area (Å²) >= 11 is 0. The first kappa shape index (κ1) is 12.1. The van der Waals surface area contributed by atoms with Crippen molar-refractivity contribution in [2.75, 3.05) is 18.5 Å². The van der Waals surface area contributed by atoms with Crippen molar-refractivity contribution in [3.8, 4) is 5.75 Å². The normalized spacial score (nSPS) is 12.9. The van der Waals surface area contributed by atoms with Crippen molar-refractivity contribution in [3.05, 3.63) is 59.2 Å². The van der Waals surface area contributed by atoms with E-state index in [1.807, 2.05) is 0 Å². The SMILES string of the molecule is Cc1ccccc1NCCc1ccc2c(c1)CCO2. The zero-order valence-electron chi connectivity index (χ0n) is 11.3. The minimum absolute atomic E-state index is 0.834. The largest absolute Gasteiger partial charge is 0.493 e. The summed E-state index contributed by atoms with van der Waals surface area (Å²) in [6, 6.07) is 15.0. The van der Waals surface area contributed by atoms with Crippen LogP contribution in [-0.2, 0) is 12.8 Å². The number of benzene rings is 2. The third-order valence-corrected chi connectivity index (χ3v) is 3.63. The van der Waals surface area contributed by atoms with Crippen molar-refractivity contribution < 1.29 is 4.74 Å². The predicted octanol–water partition coefficient (Wildman–Crippen LogP) is 3.58. The molecule has 2 heteroatoms. The van der Waals surface area contributed by atoms with Gasteiger partial charge in [0, 0.05) is 18.7 Å². The van der Waals surface area contributed by atoms with E-state index in [0.29, 0.717) is 0 Å². The Hall–Kier alpha value is -1.96. The van der Waals surface area contributed by atoms with Crippen LogP contribution in [0.1, 0.15) is 16.7 Å². The van der Waals surface area contributed by atoms with Crippen LogP contribution in [0, 0.1) is 6.92 Å². The smallest absolute Gasteiger partial charge is 0.122 e. The number of ether oxygens (including phenoxy) is 1. The number of aryl methyl sites for hydroxylation is 1. The van der Waals surface area contributed by atoms with Crippen LogP contribution < -0.4 is 10.1 Å². The highest BCUT2D eigenvalue weighted by Crippen LogP contribution is 2.26. The van der Waals surface area contributed by atoms with Gasteiger partial charge in [-0.15, -0.1) is 0 Å². The van der Waals surface area contributed by atoms with Crippen LogP contribution in [0.2, 0.25) is 0 Å². The van der Waals surface area contributed by atoms with Gasteiger partial charge in [-0.05, 0) is 42.2 Å². The number of anilines is 1. The number of hydrogen-bond acceptors (Lipinski definition) is 2. The minimum Gasteiger partial charge on any atom is -0.493 e. The molecule has 98 valence electrons. The van der Waals surface area contributed by atoms with Gasteiger partial charge in [0.05, 0.1) is 6.61 Å². The molecule has 0 unspecified atom stereocenters. The molecule has 3 rings (SSSR count). The third kappa shape index (κ3) is 2.73. The van der Waals surface area contributed by atoms with Crippen LogP contribution in [0.4, 0.5) is 5.69 Å². The molecule has 0 bridgehead atoms. The third-order valence-electron chi connectivity index (χ3n) is 3.63. The molecule has 2 aromatic carbocycles. The number of hydrogen-bond donors (Lipinski definition) is 1. The molecule has 0 fully saturated rings. The van der Waals surface area contributed by atoms with Crippen LogP contribution in [0.15, 0.2) is 42.5 Å².